The van der Waals surface area contributed by atoms with Gasteiger partial charge in [0.15, 0.2) is 0 Å². The molecule has 0 heterocycles. The molecule has 0 fully saturated rings. The van der Waals surface area contributed by atoms with Gasteiger partial charge in [-0.3, -0.25) is 0 Å². The predicted molar refractivity (Wildman–Crippen MR) is 55.7 cm³/mol. The summed E-state index contributed by atoms with van der Waals surface area (Å²) < 4.78 is 0. The Labute approximate surface area is 77.0 Å². The summed E-state index contributed by atoms with van der Waals surface area (Å²) in [6, 6.07) is 0. The number of unbranched alkanes of at least 4 members (excludes halogenated alkanes) is 3. The van der Waals surface area contributed by atoms with Crippen molar-refractivity contribution in [2.24, 2.45) is 0 Å². The summed E-state index contributed by atoms with van der Waals surface area (Å²) in [4.78, 5) is 0. The van der Waals surface area contributed by atoms with Gasteiger partial charge in [-0.25, -0.2) is 0 Å². The summed E-state index contributed by atoms with van der Waals surface area (Å²) in [5.41, 5.74) is 2.53. The third kappa shape index (κ3) is 8.46. The Balaban J connectivity index is 2.97. The second-order valence-electron chi connectivity index (χ2n) is 3.36. The summed E-state index contributed by atoms with van der Waals surface area (Å²) >= 11 is -0.306. The van der Waals surface area contributed by atoms with Crippen LogP contribution in [-0.2, 0) is 0 Å². The van der Waals surface area contributed by atoms with Gasteiger partial charge in [-0.1, -0.05) is 0 Å². The molecule has 1 heteroatoms. The van der Waals surface area contributed by atoms with Crippen LogP contribution in [0.2, 0.25) is 16.1 Å². The SMILES string of the molecule is CCCCCC[As](C)CCC. The van der Waals surface area contributed by atoms with Crippen LogP contribution in [-0.4, -0.2) is 14.7 Å². The average molecular weight is 218 g/mol. The van der Waals surface area contributed by atoms with Gasteiger partial charge in [0.2, 0.25) is 0 Å². The van der Waals surface area contributed by atoms with E-state index in [0.29, 0.717) is 0 Å². The van der Waals surface area contributed by atoms with Crippen LogP contribution in [0, 0.1) is 0 Å². The van der Waals surface area contributed by atoms with Crippen LogP contribution in [0.25, 0.3) is 0 Å². The first kappa shape index (κ1) is 11.6. The fraction of sp³-hybridized carbons (Fsp3) is 1.00. The topological polar surface area (TPSA) is 0 Å². The molecule has 0 aliphatic heterocycles. The molecule has 0 N–H and O–H groups in total. The minimum absolute atomic E-state index is 0.306. The molecule has 1 atom stereocenters. The van der Waals surface area contributed by atoms with E-state index in [9.17, 15) is 0 Å². The summed E-state index contributed by atoms with van der Waals surface area (Å²) in [7, 11) is 0. The van der Waals surface area contributed by atoms with E-state index in [-0.39, 0.29) is 14.7 Å². The molecular weight excluding hydrogens is 195 g/mol. The Morgan fingerprint density at radius 3 is 2.09 bits per heavy atom. The summed E-state index contributed by atoms with van der Waals surface area (Å²) in [5, 5.41) is 3.17. The molecule has 0 aromatic heterocycles. The Morgan fingerprint density at radius 2 is 1.55 bits per heavy atom. The van der Waals surface area contributed by atoms with Crippen molar-refractivity contribution in [3.05, 3.63) is 0 Å². The van der Waals surface area contributed by atoms with Crippen molar-refractivity contribution in [1.29, 1.82) is 0 Å². The Kier molecular flexibility index (Phi) is 9.09. The van der Waals surface area contributed by atoms with Crippen LogP contribution in [0.3, 0.4) is 0 Å². The number of hydrogen-bond acceptors (Lipinski definition) is 0. The van der Waals surface area contributed by atoms with Gasteiger partial charge in [-0.15, -0.1) is 0 Å². The molecule has 11 heavy (non-hydrogen) atoms. The third-order valence-corrected chi connectivity index (χ3v) is 6.80. The quantitative estimate of drug-likeness (QED) is 0.445. The Hall–Kier alpha value is 0.558. The molecule has 1 unspecified atom stereocenters. The molecule has 0 aliphatic rings. The maximum absolute atomic E-state index is 2.53. The van der Waals surface area contributed by atoms with Crippen LogP contribution in [0.4, 0.5) is 0 Å². The fourth-order valence-electron chi connectivity index (χ4n) is 1.30. The van der Waals surface area contributed by atoms with E-state index in [1.54, 1.807) is 10.4 Å². The van der Waals surface area contributed by atoms with Crippen molar-refractivity contribution in [3.8, 4) is 0 Å². The third-order valence-electron chi connectivity index (χ3n) is 2.00. The van der Waals surface area contributed by atoms with E-state index in [0.717, 1.165) is 0 Å². The van der Waals surface area contributed by atoms with E-state index in [1.165, 1.54) is 32.1 Å². The molecule has 0 aromatic carbocycles. The molecule has 0 aliphatic carbocycles. The van der Waals surface area contributed by atoms with Gasteiger partial charge in [0.25, 0.3) is 0 Å². The molecule has 0 nitrogen and oxygen atoms in total. The molecule has 68 valence electrons. The Bertz CT molecular complexity index is 71.3. The van der Waals surface area contributed by atoms with Crippen molar-refractivity contribution < 1.29 is 0 Å². The standard InChI is InChI=1S/C10H23As/c1-4-6-7-8-10-11(3)9-5-2/h4-10H2,1-3H3. The van der Waals surface area contributed by atoms with Crippen molar-refractivity contribution >= 4 is 14.7 Å². The van der Waals surface area contributed by atoms with Crippen molar-refractivity contribution in [2.75, 3.05) is 0 Å². The summed E-state index contributed by atoms with van der Waals surface area (Å²) in [5.74, 6) is 0. The van der Waals surface area contributed by atoms with Gasteiger partial charge < -0.3 is 0 Å². The fourth-order valence-corrected chi connectivity index (χ4v) is 4.97. The van der Waals surface area contributed by atoms with E-state index in [2.05, 4.69) is 19.6 Å². The first-order chi connectivity index (χ1) is 5.31. The second kappa shape index (κ2) is 8.65. The van der Waals surface area contributed by atoms with Crippen LogP contribution in [0.15, 0.2) is 0 Å². The van der Waals surface area contributed by atoms with E-state index < -0.39 is 0 Å². The molecule has 0 saturated heterocycles. The van der Waals surface area contributed by atoms with Gasteiger partial charge in [0.05, 0.1) is 0 Å². The van der Waals surface area contributed by atoms with Gasteiger partial charge >= 0.3 is 76.7 Å². The zero-order chi connectivity index (χ0) is 8.53. The number of rotatable bonds is 7. The zero-order valence-electron chi connectivity index (χ0n) is 8.40. The molecule has 0 spiro atoms. The molecule has 0 amide bonds. The van der Waals surface area contributed by atoms with Gasteiger partial charge in [-0.2, -0.15) is 0 Å². The van der Waals surface area contributed by atoms with Crippen LogP contribution in [0.5, 0.6) is 0 Å². The van der Waals surface area contributed by atoms with Crippen LogP contribution in [0.1, 0.15) is 46.0 Å². The molecule has 0 bridgehead atoms. The molecule has 0 rings (SSSR count). The van der Waals surface area contributed by atoms with E-state index in [1.807, 2.05) is 0 Å². The van der Waals surface area contributed by atoms with Crippen molar-refractivity contribution in [1.82, 2.24) is 0 Å². The second-order valence-corrected chi connectivity index (χ2v) is 8.83. The van der Waals surface area contributed by atoms with Crippen molar-refractivity contribution in [2.45, 2.75) is 62.1 Å². The zero-order valence-corrected chi connectivity index (χ0v) is 10.3. The Morgan fingerprint density at radius 1 is 0.818 bits per heavy atom. The molecule has 0 aromatic rings. The molecule has 0 saturated carbocycles. The van der Waals surface area contributed by atoms with Gasteiger partial charge in [0.1, 0.15) is 0 Å². The van der Waals surface area contributed by atoms with E-state index >= 15 is 0 Å². The summed E-state index contributed by atoms with van der Waals surface area (Å²) in [6.45, 7) is 4.60. The minimum atomic E-state index is -0.306. The van der Waals surface area contributed by atoms with Crippen LogP contribution >= 0.6 is 0 Å². The molecular formula is C10H23As. The predicted octanol–water partition coefficient (Wildman–Crippen LogP) is 4.10. The normalized spacial score (nSPS) is 13.4. The monoisotopic (exact) mass is 218 g/mol. The number of hydrogen-bond donors (Lipinski definition) is 0. The van der Waals surface area contributed by atoms with Gasteiger partial charge in [-0.05, 0) is 0 Å². The first-order valence-electron chi connectivity index (χ1n) is 4.99. The first-order valence-corrected chi connectivity index (χ1v) is 9.52. The van der Waals surface area contributed by atoms with E-state index in [4.69, 9.17) is 0 Å². The van der Waals surface area contributed by atoms with Crippen molar-refractivity contribution in [3.63, 3.8) is 0 Å². The average Bonchev–Trinajstić information content (AvgIpc) is 1.99. The summed E-state index contributed by atoms with van der Waals surface area (Å²) in [6.07, 6.45) is 7.26. The van der Waals surface area contributed by atoms with Crippen LogP contribution < -0.4 is 0 Å². The molecule has 0 radical (unpaired) electrons. The maximum atomic E-state index is 2.53. The van der Waals surface area contributed by atoms with Gasteiger partial charge in [0, 0.05) is 0 Å².